The van der Waals surface area contributed by atoms with Gasteiger partial charge < -0.3 is 20.1 Å². The Morgan fingerprint density at radius 2 is 1.70 bits per heavy atom. The number of ether oxygens (including phenoxy) is 1. The van der Waals surface area contributed by atoms with Crippen molar-refractivity contribution in [2.75, 3.05) is 19.7 Å². The Labute approximate surface area is 158 Å². The first kappa shape index (κ1) is 18.8. The summed E-state index contributed by atoms with van der Waals surface area (Å²) in [5, 5.41) is 12.7. The van der Waals surface area contributed by atoms with Gasteiger partial charge in [-0.2, -0.15) is 0 Å². The van der Waals surface area contributed by atoms with Crippen LogP contribution >= 0.6 is 0 Å². The highest BCUT2D eigenvalue weighted by Crippen LogP contribution is 2.22. The number of likely N-dealkylation sites (tertiary alicyclic amines) is 1. The third kappa shape index (κ3) is 4.39. The number of carbonyl (C=O) groups excluding carboxylic acids is 2. The minimum Gasteiger partial charge on any atom is -0.507 e. The van der Waals surface area contributed by atoms with Crippen LogP contribution in [-0.4, -0.2) is 47.6 Å². The molecular weight excluding hydrogens is 344 g/mol. The topological polar surface area (TPSA) is 78.9 Å². The van der Waals surface area contributed by atoms with Crippen LogP contribution in [0.15, 0.2) is 48.5 Å². The van der Waals surface area contributed by atoms with E-state index in [-0.39, 0.29) is 29.2 Å². The van der Waals surface area contributed by atoms with Gasteiger partial charge in [0.15, 0.2) is 0 Å². The van der Waals surface area contributed by atoms with E-state index < -0.39 is 0 Å². The van der Waals surface area contributed by atoms with Crippen molar-refractivity contribution in [1.82, 2.24) is 10.2 Å². The first-order chi connectivity index (χ1) is 13.1. The molecule has 6 nitrogen and oxygen atoms in total. The predicted octanol–water partition coefficient (Wildman–Crippen LogP) is 2.83. The van der Waals surface area contributed by atoms with Crippen molar-refractivity contribution < 1.29 is 19.4 Å². The fourth-order valence-electron chi connectivity index (χ4n) is 3.25. The fourth-order valence-corrected chi connectivity index (χ4v) is 3.25. The second kappa shape index (κ2) is 8.58. The summed E-state index contributed by atoms with van der Waals surface area (Å²) in [6, 6.07) is 13.7. The molecule has 2 amide bonds. The second-order valence-electron chi connectivity index (χ2n) is 6.49. The first-order valence-corrected chi connectivity index (χ1v) is 9.20. The molecule has 3 rings (SSSR count). The molecule has 1 fully saturated rings. The number of phenols is 1. The van der Waals surface area contributed by atoms with Gasteiger partial charge >= 0.3 is 0 Å². The maximum Gasteiger partial charge on any atom is 0.257 e. The summed E-state index contributed by atoms with van der Waals surface area (Å²) >= 11 is 0. The number of para-hydroxylation sites is 2. The van der Waals surface area contributed by atoms with E-state index in [1.807, 2.05) is 19.1 Å². The number of nitrogens with zero attached hydrogens (tertiary/aromatic N) is 1. The molecule has 0 saturated carbocycles. The van der Waals surface area contributed by atoms with Crippen molar-refractivity contribution in [3.05, 3.63) is 59.7 Å². The average Bonchev–Trinajstić information content (AvgIpc) is 2.69. The minimum absolute atomic E-state index is 0.0247. The lowest BCUT2D eigenvalue weighted by Crippen LogP contribution is -2.46. The molecule has 142 valence electrons. The molecule has 0 atom stereocenters. The Morgan fingerprint density at radius 3 is 2.37 bits per heavy atom. The number of nitrogens with one attached hydrogen (secondary N) is 1. The zero-order chi connectivity index (χ0) is 19.2. The van der Waals surface area contributed by atoms with Crippen LogP contribution in [0, 0.1) is 0 Å². The molecule has 1 heterocycles. The van der Waals surface area contributed by atoms with E-state index in [2.05, 4.69) is 5.32 Å². The maximum atomic E-state index is 12.8. The lowest BCUT2D eigenvalue weighted by atomic mass is 10.0. The molecule has 1 saturated heterocycles. The monoisotopic (exact) mass is 368 g/mol. The van der Waals surface area contributed by atoms with Gasteiger partial charge in [-0.15, -0.1) is 0 Å². The lowest BCUT2D eigenvalue weighted by molar-refractivity contribution is 0.0694. The van der Waals surface area contributed by atoms with Crippen molar-refractivity contribution in [3.8, 4) is 11.5 Å². The highest BCUT2D eigenvalue weighted by atomic mass is 16.5. The molecule has 1 aliphatic rings. The quantitative estimate of drug-likeness (QED) is 0.851. The van der Waals surface area contributed by atoms with Crippen molar-refractivity contribution in [2.45, 2.75) is 25.8 Å². The van der Waals surface area contributed by atoms with E-state index in [9.17, 15) is 14.7 Å². The fraction of sp³-hybridized carbons (Fsp3) is 0.333. The van der Waals surface area contributed by atoms with E-state index >= 15 is 0 Å². The number of phenolic OH excluding ortho intramolecular Hbond substituents is 1. The Morgan fingerprint density at radius 1 is 1.07 bits per heavy atom. The number of aromatic hydroxyl groups is 1. The van der Waals surface area contributed by atoms with Crippen LogP contribution in [-0.2, 0) is 0 Å². The van der Waals surface area contributed by atoms with Crippen LogP contribution in [0.25, 0.3) is 0 Å². The van der Waals surface area contributed by atoms with Gasteiger partial charge in [-0.1, -0.05) is 24.3 Å². The molecule has 0 unspecified atom stereocenters. The minimum atomic E-state index is -0.292. The molecule has 27 heavy (non-hydrogen) atoms. The number of rotatable bonds is 5. The largest absolute Gasteiger partial charge is 0.507 e. The molecule has 6 heteroatoms. The van der Waals surface area contributed by atoms with Gasteiger partial charge in [0.05, 0.1) is 17.7 Å². The molecule has 0 aromatic heterocycles. The molecular formula is C21H24N2O4. The normalized spacial score (nSPS) is 14.6. The summed E-state index contributed by atoms with van der Waals surface area (Å²) < 4.78 is 5.55. The Hall–Kier alpha value is -3.02. The average molecular weight is 368 g/mol. The summed E-state index contributed by atoms with van der Waals surface area (Å²) in [7, 11) is 0. The van der Waals surface area contributed by atoms with Gasteiger partial charge in [-0.25, -0.2) is 0 Å². The highest BCUT2D eigenvalue weighted by Gasteiger charge is 2.26. The van der Waals surface area contributed by atoms with E-state index in [0.717, 1.165) is 0 Å². The van der Waals surface area contributed by atoms with Crippen molar-refractivity contribution >= 4 is 11.8 Å². The third-order valence-electron chi connectivity index (χ3n) is 4.68. The molecule has 0 spiro atoms. The van der Waals surface area contributed by atoms with Gasteiger partial charge in [-0.3, -0.25) is 9.59 Å². The molecule has 0 bridgehead atoms. The molecule has 1 aliphatic heterocycles. The SMILES string of the molecule is CCOc1ccccc1C(=O)N1CCC(NC(=O)c2ccccc2O)CC1. The Kier molecular flexibility index (Phi) is 5.96. The zero-order valence-corrected chi connectivity index (χ0v) is 15.4. The van der Waals surface area contributed by atoms with Crippen LogP contribution in [0.3, 0.4) is 0 Å². The summed E-state index contributed by atoms with van der Waals surface area (Å²) in [6.07, 6.45) is 1.34. The number of carbonyl (C=O) groups is 2. The van der Waals surface area contributed by atoms with E-state index in [1.165, 1.54) is 6.07 Å². The first-order valence-electron chi connectivity index (χ1n) is 9.20. The summed E-state index contributed by atoms with van der Waals surface area (Å²) in [4.78, 5) is 26.9. The van der Waals surface area contributed by atoms with Gasteiger partial charge in [0.25, 0.3) is 11.8 Å². The molecule has 2 aromatic carbocycles. The van der Waals surface area contributed by atoms with Gasteiger partial charge in [0.2, 0.25) is 0 Å². The van der Waals surface area contributed by atoms with E-state index in [1.54, 1.807) is 35.2 Å². The summed E-state index contributed by atoms with van der Waals surface area (Å²) in [6.45, 7) is 3.51. The van der Waals surface area contributed by atoms with Crippen LogP contribution in [0.4, 0.5) is 0 Å². The number of piperidine rings is 1. The molecule has 0 aliphatic carbocycles. The highest BCUT2D eigenvalue weighted by molar-refractivity contribution is 5.97. The van der Waals surface area contributed by atoms with Crippen LogP contribution < -0.4 is 10.1 Å². The van der Waals surface area contributed by atoms with Gasteiger partial charge in [0.1, 0.15) is 11.5 Å². The number of hydrogen-bond donors (Lipinski definition) is 2. The molecule has 2 N–H and O–H groups in total. The number of amides is 2. The van der Waals surface area contributed by atoms with E-state index in [4.69, 9.17) is 4.74 Å². The van der Waals surface area contributed by atoms with Crippen LogP contribution in [0.1, 0.15) is 40.5 Å². The van der Waals surface area contributed by atoms with Crippen molar-refractivity contribution in [2.24, 2.45) is 0 Å². The summed E-state index contributed by atoms with van der Waals surface area (Å²) in [5.74, 6) is 0.222. The lowest BCUT2D eigenvalue weighted by Gasteiger charge is -2.32. The zero-order valence-electron chi connectivity index (χ0n) is 15.4. The summed E-state index contributed by atoms with van der Waals surface area (Å²) in [5.41, 5.74) is 0.831. The van der Waals surface area contributed by atoms with Crippen molar-refractivity contribution in [3.63, 3.8) is 0 Å². The second-order valence-corrected chi connectivity index (χ2v) is 6.49. The van der Waals surface area contributed by atoms with E-state index in [0.29, 0.717) is 43.9 Å². The maximum absolute atomic E-state index is 12.8. The predicted molar refractivity (Wildman–Crippen MR) is 102 cm³/mol. The molecule has 2 aromatic rings. The van der Waals surface area contributed by atoms with Crippen molar-refractivity contribution in [1.29, 1.82) is 0 Å². The Bertz CT molecular complexity index is 813. The third-order valence-corrected chi connectivity index (χ3v) is 4.68. The molecule has 0 radical (unpaired) electrons. The number of hydrogen-bond acceptors (Lipinski definition) is 4. The van der Waals surface area contributed by atoms with Crippen LogP contribution in [0.5, 0.6) is 11.5 Å². The Balaban J connectivity index is 1.58. The number of benzene rings is 2. The van der Waals surface area contributed by atoms with Gasteiger partial charge in [-0.05, 0) is 44.0 Å². The van der Waals surface area contributed by atoms with Gasteiger partial charge in [0, 0.05) is 19.1 Å². The smallest absolute Gasteiger partial charge is 0.257 e. The standard InChI is InChI=1S/C21H24N2O4/c1-2-27-19-10-6-4-8-17(19)21(26)23-13-11-15(12-14-23)22-20(25)16-7-3-5-9-18(16)24/h3-10,15,24H,2,11-14H2,1H3,(H,22,25). The van der Waals surface area contributed by atoms with Crippen LogP contribution in [0.2, 0.25) is 0 Å².